The Kier molecular flexibility index (Phi) is 7.25. The minimum Gasteiger partial charge on any atom is -0.494 e. The summed E-state index contributed by atoms with van der Waals surface area (Å²) >= 11 is 0. The topological polar surface area (TPSA) is 84.6 Å². The molecule has 0 aliphatic carbocycles. The standard InChI is InChI=1S/C24H26N2O3/c25-14-13-19-6-4-10-21(16-19)29-15-5-7-18-11-12-22(20-8-2-1-3-9-20)23(17-18)26-24(27)28/h1-4,6,8-12,16-17,26H,5,7,13-15,25H2,(H,27,28). The third-order valence-electron chi connectivity index (χ3n) is 4.62. The third kappa shape index (κ3) is 6.09. The molecule has 5 nitrogen and oxygen atoms in total. The van der Waals surface area contributed by atoms with Gasteiger partial charge in [-0.3, -0.25) is 5.32 Å². The lowest BCUT2D eigenvalue weighted by Gasteiger charge is -2.12. The van der Waals surface area contributed by atoms with Crippen LogP contribution in [0.2, 0.25) is 0 Å². The summed E-state index contributed by atoms with van der Waals surface area (Å²) in [6, 6.07) is 23.7. The lowest BCUT2D eigenvalue weighted by Crippen LogP contribution is -2.09. The van der Waals surface area contributed by atoms with Crippen LogP contribution < -0.4 is 15.8 Å². The second-order valence-corrected chi connectivity index (χ2v) is 6.81. The number of nitrogens with one attached hydrogen (secondary N) is 1. The lowest BCUT2D eigenvalue weighted by molar-refractivity contribution is 0.210. The molecule has 150 valence electrons. The summed E-state index contributed by atoms with van der Waals surface area (Å²) in [4.78, 5) is 11.2. The predicted molar refractivity (Wildman–Crippen MR) is 117 cm³/mol. The van der Waals surface area contributed by atoms with E-state index < -0.39 is 6.09 Å². The monoisotopic (exact) mass is 390 g/mol. The summed E-state index contributed by atoms with van der Waals surface area (Å²) < 4.78 is 5.85. The summed E-state index contributed by atoms with van der Waals surface area (Å²) in [7, 11) is 0. The van der Waals surface area contributed by atoms with Crippen molar-refractivity contribution in [2.45, 2.75) is 19.3 Å². The summed E-state index contributed by atoms with van der Waals surface area (Å²) in [6.07, 6.45) is 1.40. The number of aryl methyl sites for hydroxylation is 1. The van der Waals surface area contributed by atoms with Gasteiger partial charge in [0.25, 0.3) is 0 Å². The first-order valence-corrected chi connectivity index (χ1v) is 9.76. The molecule has 0 unspecified atom stereocenters. The van der Waals surface area contributed by atoms with Gasteiger partial charge in [-0.2, -0.15) is 0 Å². The van der Waals surface area contributed by atoms with Crippen LogP contribution in [-0.2, 0) is 12.8 Å². The number of benzene rings is 3. The number of nitrogens with two attached hydrogens (primary N) is 1. The SMILES string of the molecule is NCCc1cccc(OCCCc2ccc(-c3ccccc3)c(NC(=O)O)c2)c1. The van der Waals surface area contributed by atoms with Crippen LogP contribution in [0.3, 0.4) is 0 Å². The maximum atomic E-state index is 11.2. The molecular weight excluding hydrogens is 364 g/mol. The zero-order valence-electron chi connectivity index (χ0n) is 16.3. The molecule has 0 aliphatic rings. The fourth-order valence-electron chi connectivity index (χ4n) is 3.26. The molecule has 0 spiro atoms. The Morgan fingerprint density at radius 3 is 2.48 bits per heavy atom. The van der Waals surface area contributed by atoms with Crippen LogP contribution in [0.15, 0.2) is 72.8 Å². The molecule has 0 heterocycles. The van der Waals surface area contributed by atoms with Gasteiger partial charge in [0, 0.05) is 5.56 Å². The van der Waals surface area contributed by atoms with Crippen LogP contribution in [0, 0.1) is 0 Å². The van der Waals surface area contributed by atoms with Crippen molar-refractivity contribution in [1.29, 1.82) is 0 Å². The van der Waals surface area contributed by atoms with Gasteiger partial charge in [0.1, 0.15) is 5.75 Å². The molecule has 3 aromatic rings. The second-order valence-electron chi connectivity index (χ2n) is 6.81. The zero-order chi connectivity index (χ0) is 20.5. The van der Waals surface area contributed by atoms with E-state index >= 15 is 0 Å². The number of carboxylic acid groups (broad SMARTS) is 1. The number of amides is 1. The number of hydrogen-bond acceptors (Lipinski definition) is 3. The molecule has 0 aliphatic heterocycles. The van der Waals surface area contributed by atoms with Gasteiger partial charge in [-0.05, 0) is 60.7 Å². The van der Waals surface area contributed by atoms with E-state index in [1.54, 1.807) is 0 Å². The van der Waals surface area contributed by atoms with E-state index in [1.165, 1.54) is 5.56 Å². The molecule has 3 aromatic carbocycles. The van der Waals surface area contributed by atoms with Crippen LogP contribution >= 0.6 is 0 Å². The molecule has 29 heavy (non-hydrogen) atoms. The van der Waals surface area contributed by atoms with Gasteiger partial charge < -0.3 is 15.6 Å². The van der Waals surface area contributed by atoms with Crippen LogP contribution in [0.4, 0.5) is 10.5 Å². The number of rotatable bonds is 9. The van der Waals surface area contributed by atoms with Gasteiger partial charge in [0.2, 0.25) is 0 Å². The van der Waals surface area contributed by atoms with Crippen molar-refractivity contribution in [1.82, 2.24) is 0 Å². The zero-order valence-corrected chi connectivity index (χ0v) is 16.3. The van der Waals surface area contributed by atoms with E-state index in [4.69, 9.17) is 10.5 Å². The fraction of sp³-hybridized carbons (Fsp3) is 0.208. The lowest BCUT2D eigenvalue weighted by atomic mass is 10.00. The first-order chi connectivity index (χ1) is 14.2. The Bertz CT molecular complexity index is 942. The quantitative estimate of drug-likeness (QED) is 0.451. The van der Waals surface area contributed by atoms with Crippen molar-refractivity contribution in [2.75, 3.05) is 18.5 Å². The van der Waals surface area contributed by atoms with Crippen LogP contribution in [0.25, 0.3) is 11.1 Å². The van der Waals surface area contributed by atoms with E-state index in [0.717, 1.165) is 41.7 Å². The highest BCUT2D eigenvalue weighted by Crippen LogP contribution is 2.29. The van der Waals surface area contributed by atoms with E-state index in [2.05, 4.69) is 5.32 Å². The summed E-state index contributed by atoms with van der Waals surface area (Å²) in [6.45, 7) is 1.21. The van der Waals surface area contributed by atoms with Crippen molar-refractivity contribution in [3.05, 3.63) is 83.9 Å². The molecule has 0 fully saturated rings. The average molecular weight is 390 g/mol. The smallest absolute Gasteiger partial charge is 0.409 e. The van der Waals surface area contributed by atoms with Crippen LogP contribution in [-0.4, -0.2) is 24.4 Å². The molecule has 0 radical (unpaired) electrons. The van der Waals surface area contributed by atoms with Crippen LogP contribution in [0.5, 0.6) is 5.75 Å². The first kappa shape index (κ1) is 20.4. The molecular formula is C24H26N2O3. The van der Waals surface area contributed by atoms with Gasteiger partial charge in [-0.25, -0.2) is 4.79 Å². The molecule has 0 saturated carbocycles. The molecule has 0 bridgehead atoms. The normalized spacial score (nSPS) is 10.5. The molecule has 5 heteroatoms. The first-order valence-electron chi connectivity index (χ1n) is 9.76. The highest BCUT2D eigenvalue weighted by molar-refractivity contribution is 5.90. The van der Waals surface area contributed by atoms with Crippen molar-refractivity contribution >= 4 is 11.8 Å². The van der Waals surface area contributed by atoms with Crippen molar-refractivity contribution in [2.24, 2.45) is 5.73 Å². The third-order valence-corrected chi connectivity index (χ3v) is 4.62. The molecule has 0 saturated heterocycles. The van der Waals surface area contributed by atoms with Gasteiger partial charge >= 0.3 is 6.09 Å². The highest BCUT2D eigenvalue weighted by Gasteiger charge is 2.09. The Balaban J connectivity index is 1.62. The Labute approximate surface area is 171 Å². The Morgan fingerprint density at radius 2 is 1.72 bits per heavy atom. The Morgan fingerprint density at radius 1 is 0.931 bits per heavy atom. The van der Waals surface area contributed by atoms with E-state index in [1.807, 2.05) is 72.8 Å². The summed E-state index contributed by atoms with van der Waals surface area (Å²) in [5.74, 6) is 0.851. The van der Waals surface area contributed by atoms with E-state index in [9.17, 15) is 9.90 Å². The number of carbonyl (C=O) groups is 1. The second kappa shape index (κ2) is 10.3. The number of ether oxygens (including phenoxy) is 1. The molecule has 4 N–H and O–H groups in total. The molecule has 1 amide bonds. The van der Waals surface area contributed by atoms with Gasteiger partial charge in [0.05, 0.1) is 12.3 Å². The van der Waals surface area contributed by atoms with Gasteiger partial charge in [-0.15, -0.1) is 0 Å². The predicted octanol–water partition coefficient (Wildman–Crippen LogP) is 4.96. The summed E-state index contributed by atoms with van der Waals surface area (Å²) in [5.41, 5.74) is 10.3. The molecule has 3 rings (SSSR count). The van der Waals surface area contributed by atoms with Crippen LogP contribution in [0.1, 0.15) is 17.5 Å². The van der Waals surface area contributed by atoms with Crippen molar-refractivity contribution in [3.8, 4) is 16.9 Å². The van der Waals surface area contributed by atoms with E-state index in [0.29, 0.717) is 18.8 Å². The summed E-state index contributed by atoms with van der Waals surface area (Å²) in [5, 5.41) is 11.7. The van der Waals surface area contributed by atoms with Crippen molar-refractivity contribution in [3.63, 3.8) is 0 Å². The minimum atomic E-state index is -1.07. The number of hydrogen-bond donors (Lipinski definition) is 3. The maximum absolute atomic E-state index is 11.2. The highest BCUT2D eigenvalue weighted by atomic mass is 16.5. The molecule has 0 aromatic heterocycles. The maximum Gasteiger partial charge on any atom is 0.409 e. The Hall–Kier alpha value is -3.31. The molecule has 0 atom stereocenters. The van der Waals surface area contributed by atoms with E-state index in [-0.39, 0.29) is 0 Å². The average Bonchev–Trinajstić information content (AvgIpc) is 2.72. The van der Waals surface area contributed by atoms with Gasteiger partial charge in [0.15, 0.2) is 0 Å². The van der Waals surface area contributed by atoms with Gasteiger partial charge in [-0.1, -0.05) is 54.6 Å². The largest absolute Gasteiger partial charge is 0.494 e. The van der Waals surface area contributed by atoms with Crippen molar-refractivity contribution < 1.29 is 14.6 Å². The number of anilines is 1. The fourth-order valence-corrected chi connectivity index (χ4v) is 3.26. The minimum absolute atomic E-state index is 0.591.